The summed E-state index contributed by atoms with van der Waals surface area (Å²) in [6.07, 6.45) is 0.638. The van der Waals surface area contributed by atoms with Crippen LogP contribution in [0.5, 0.6) is 5.75 Å². The van der Waals surface area contributed by atoms with Gasteiger partial charge in [-0.3, -0.25) is 9.59 Å². The van der Waals surface area contributed by atoms with E-state index in [1.807, 2.05) is 6.07 Å². The number of hydrogen-bond acceptors (Lipinski definition) is 4. The Labute approximate surface area is 110 Å². The van der Waals surface area contributed by atoms with Crippen molar-refractivity contribution in [2.24, 2.45) is 5.10 Å². The van der Waals surface area contributed by atoms with Gasteiger partial charge in [0.15, 0.2) is 0 Å². The summed E-state index contributed by atoms with van der Waals surface area (Å²) in [5.41, 5.74) is 3.48. The maximum absolute atomic E-state index is 12.1. The lowest BCUT2D eigenvalue weighted by molar-refractivity contribution is -0.124. The number of hydrogen-bond donors (Lipinski definition) is 2. The molecule has 0 radical (unpaired) electrons. The minimum absolute atomic E-state index is 0.167. The largest absolute Gasteiger partial charge is 0.508 e. The van der Waals surface area contributed by atoms with E-state index in [4.69, 9.17) is 0 Å². The molecule has 0 fully saturated rings. The predicted molar refractivity (Wildman–Crippen MR) is 69.4 cm³/mol. The number of phenolic OH excluding ortho intramolecular Hbond substituents is 1. The summed E-state index contributed by atoms with van der Waals surface area (Å²) in [6, 6.07) is 6.73. The van der Waals surface area contributed by atoms with Crippen molar-refractivity contribution in [1.29, 1.82) is 0 Å². The summed E-state index contributed by atoms with van der Waals surface area (Å²) in [5, 5.41) is 13.1. The molecule has 1 aliphatic rings. The maximum atomic E-state index is 12.1. The quantitative estimate of drug-likeness (QED) is 0.836. The molecule has 0 atom stereocenters. The van der Waals surface area contributed by atoms with Crippen molar-refractivity contribution in [3.63, 3.8) is 0 Å². The molecule has 0 unspecified atom stereocenters. The molecule has 0 bridgehead atoms. The lowest BCUT2D eigenvalue weighted by Crippen LogP contribution is -2.37. The minimum atomic E-state index is -0.219. The van der Waals surface area contributed by atoms with Gasteiger partial charge in [0, 0.05) is 26.4 Å². The summed E-state index contributed by atoms with van der Waals surface area (Å²) in [7, 11) is 1.66. The Balaban J connectivity index is 2.02. The lowest BCUT2D eigenvalue weighted by atomic mass is 10.1. The molecule has 1 aromatic rings. The number of amides is 2. The van der Waals surface area contributed by atoms with Crippen LogP contribution in [0.3, 0.4) is 0 Å². The smallest absolute Gasteiger partial charge is 0.270 e. The Morgan fingerprint density at radius 2 is 2.26 bits per heavy atom. The minimum Gasteiger partial charge on any atom is -0.508 e. The number of carbonyl (C=O) groups is 2. The molecule has 0 spiro atoms. The Morgan fingerprint density at radius 1 is 1.47 bits per heavy atom. The van der Waals surface area contributed by atoms with E-state index in [9.17, 15) is 14.7 Å². The standard InChI is InChI=1S/C13H15N3O3/c1-16(8-9-3-2-4-10(17)7-9)13(19)11-5-6-12(18)15-14-11/h2-4,7,17H,5-6,8H2,1H3,(H,15,18). The molecule has 0 saturated carbocycles. The Bertz CT molecular complexity index is 540. The van der Waals surface area contributed by atoms with E-state index in [1.165, 1.54) is 4.90 Å². The lowest BCUT2D eigenvalue weighted by Gasteiger charge is -2.20. The van der Waals surface area contributed by atoms with Gasteiger partial charge in [-0.1, -0.05) is 12.1 Å². The zero-order valence-corrected chi connectivity index (χ0v) is 10.6. The Kier molecular flexibility index (Phi) is 3.79. The first kappa shape index (κ1) is 13.1. The third kappa shape index (κ3) is 3.31. The van der Waals surface area contributed by atoms with E-state index >= 15 is 0 Å². The van der Waals surface area contributed by atoms with Crippen LogP contribution in [-0.4, -0.2) is 34.6 Å². The van der Waals surface area contributed by atoms with Gasteiger partial charge in [-0.2, -0.15) is 5.10 Å². The Morgan fingerprint density at radius 3 is 2.89 bits per heavy atom. The number of carbonyl (C=O) groups excluding carboxylic acids is 2. The normalized spacial score (nSPS) is 14.6. The van der Waals surface area contributed by atoms with Crippen LogP contribution in [0.4, 0.5) is 0 Å². The molecule has 2 amide bonds. The molecule has 0 saturated heterocycles. The van der Waals surface area contributed by atoms with Crippen molar-refractivity contribution < 1.29 is 14.7 Å². The van der Waals surface area contributed by atoms with Crippen molar-refractivity contribution in [3.8, 4) is 5.75 Å². The second-order valence-electron chi connectivity index (χ2n) is 4.42. The molecule has 0 aliphatic carbocycles. The van der Waals surface area contributed by atoms with Gasteiger partial charge in [0.2, 0.25) is 5.91 Å². The van der Waals surface area contributed by atoms with Gasteiger partial charge in [-0.05, 0) is 17.7 Å². The third-order valence-corrected chi connectivity index (χ3v) is 2.83. The Hall–Kier alpha value is -2.37. The van der Waals surface area contributed by atoms with Crippen LogP contribution in [0.2, 0.25) is 0 Å². The highest BCUT2D eigenvalue weighted by molar-refractivity contribution is 6.39. The molecule has 100 valence electrons. The van der Waals surface area contributed by atoms with Gasteiger partial charge in [0.05, 0.1) is 0 Å². The van der Waals surface area contributed by atoms with Crippen LogP contribution < -0.4 is 5.43 Å². The van der Waals surface area contributed by atoms with Crippen LogP contribution in [0, 0.1) is 0 Å². The number of rotatable bonds is 3. The fraction of sp³-hybridized carbons (Fsp3) is 0.308. The average Bonchev–Trinajstić information content (AvgIpc) is 2.39. The molecule has 0 aromatic heterocycles. The summed E-state index contributed by atoms with van der Waals surface area (Å²) in [4.78, 5) is 24.5. The van der Waals surface area contributed by atoms with E-state index in [0.29, 0.717) is 18.7 Å². The van der Waals surface area contributed by atoms with Gasteiger partial charge >= 0.3 is 0 Å². The predicted octanol–water partition coefficient (Wildman–Crippen LogP) is 0.617. The summed E-state index contributed by atoms with van der Waals surface area (Å²) < 4.78 is 0. The van der Waals surface area contributed by atoms with E-state index in [1.54, 1.807) is 25.2 Å². The van der Waals surface area contributed by atoms with Gasteiger partial charge in [0.1, 0.15) is 11.5 Å². The molecule has 1 aliphatic heterocycles. The summed E-state index contributed by atoms with van der Waals surface area (Å²) >= 11 is 0. The van der Waals surface area contributed by atoms with Crippen LogP contribution >= 0.6 is 0 Å². The van der Waals surface area contributed by atoms with Crippen LogP contribution in [0.1, 0.15) is 18.4 Å². The second kappa shape index (κ2) is 5.51. The first-order chi connectivity index (χ1) is 9.06. The molecule has 19 heavy (non-hydrogen) atoms. The van der Waals surface area contributed by atoms with Crippen molar-refractivity contribution in [2.75, 3.05) is 7.05 Å². The molecular weight excluding hydrogens is 246 g/mol. The highest BCUT2D eigenvalue weighted by atomic mass is 16.3. The van der Waals surface area contributed by atoms with Gasteiger partial charge in [-0.15, -0.1) is 0 Å². The van der Waals surface area contributed by atoms with Crippen molar-refractivity contribution in [1.82, 2.24) is 10.3 Å². The fourth-order valence-corrected chi connectivity index (χ4v) is 1.85. The number of phenols is 1. The molecule has 1 heterocycles. The SMILES string of the molecule is CN(Cc1cccc(O)c1)C(=O)C1=NNC(=O)CC1. The first-order valence-corrected chi connectivity index (χ1v) is 5.95. The number of nitrogens with zero attached hydrogens (tertiary/aromatic N) is 2. The van der Waals surface area contributed by atoms with Crippen molar-refractivity contribution in [3.05, 3.63) is 29.8 Å². The van der Waals surface area contributed by atoms with Crippen molar-refractivity contribution >= 4 is 17.5 Å². The maximum Gasteiger partial charge on any atom is 0.270 e. The molecule has 2 N–H and O–H groups in total. The van der Waals surface area contributed by atoms with E-state index < -0.39 is 0 Å². The van der Waals surface area contributed by atoms with Crippen LogP contribution in [0.15, 0.2) is 29.4 Å². The van der Waals surface area contributed by atoms with Crippen LogP contribution in [-0.2, 0) is 16.1 Å². The zero-order chi connectivity index (χ0) is 13.8. The highest BCUT2D eigenvalue weighted by Crippen LogP contribution is 2.13. The zero-order valence-electron chi connectivity index (χ0n) is 10.6. The molecular formula is C13H15N3O3. The number of nitrogens with one attached hydrogen (secondary N) is 1. The fourth-order valence-electron chi connectivity index (χ4n) is 1.85. The second-order valence-corrected chi connectivity index (χ2v) is 4.42. The van der Waals surface area contributed by atoms with Gasteiger partial charge < -0.3 is 10.0 Å². The van der Waals surface area contributed by atoms with E-state index in [0.717, 1.165) is 5.56 Å². The highest BCUT2D eigenvalue weighted by Gasteiger charge is 2.21. The number of aromatic hydroxyl groups is 1. The first-order valence-electron chi connectivity index (χ1n) is 5.95. The summed E-state index contributed by atoms with van der Waals surface area (Å²) in [5.74, 6) is -0.226. The van der Waals surface area contributed by atoms with Crippen molar-refractivity contribution in [2.45, 2.75) is 19.4 Å². The van der Waals surface area contributed by atoms with E-state index in [2.05, 4.69) is 10.5 Å². The molecule has 6 nitrogen and oxygen atoms in total. The van der Waals surface area contributed by atoms with E-state index in [-0.39, 0.29) is 24.0 Å². The average molecular weight is 261 g/mol. The topological polar surface area (TPSA) is 82.0 Å². The number of benzene rings is 1. The monoisotopic (exact) mass is 261 g/mol. The third-order valence-electron chi connectivity index (χ3n) is 2.83. The van der Waals surface area contributed by atoms with Crippen LogP contribution in [0.25, 0.3) is 0 Å². The molecule has 6 heteroatoms. The molecule has 1 aromatic carbocycles. The summed E-state index contributed by atoms with van der Waals surface area (Å²) in [6.45, 7) is 0.375. The van der Waals surface area contributed by atoms with Gasteiger partial charge in [0.25, 0.3) is 5.91 Å². The number of hydrazone groups is 1. The molecule has 2 rings (SSSR count). The van der Waals surface area contributed by atoms with Gasteiger partial charge in [-0.25, -0.2) is 5.43 Å².